The fraction of sp³-hybridized carbons (Fsp3) is 0.562. The molecule has 9 heteroatoms. The van der Waals surface area contributed by atoms with Crippen LogP contribution in [-0.4, -0.2) is 73.5 Å². The Bertz CT molecular complexity index is 1140. The van der Waals surface area contributed by atoms with E-state index in [4.69, 9.17) is 14.3 Å². The summed E-state index contributed by atoms with van der Waals surface area (Å²) >= 11 is 0. The molecule has 1 saturated heterocycles. The summed E-state index contributed by atoms with van der Waals surface area (Å²) in [5.41, 5.74) is 3.80. The Kier molecular flexibility index (Phi) is 13.1. The van der Waals surface area contributed by atoms with Crippen molar-refractivity contribution in [3.8, 4) is 0 Å². The van der Waals surface area contributed by atoms with E-state index in [2.05, 4.69) is 10.5 Å². The second-order valence-electron chi connectivity index (χ2n) is 10.9. The van der Waals surface area contributed by atoms with Crippen LogP contribution < -0.4 is 5.32 Å². The summed E-state index contributed by atoms with van der Waals surface area (Å²) in [4.78, 5) is 44.4. The van der Waals surface area contributed by atoms with Crippen molar-refractivity contribution in [1.82, 2.24) is 10.2 Å². The number of aryl methyl sites for hydroxylation is 2. The van der Waals surface area contributed by atoms with E-state index in [-0.39, 0.29) is 36.6 Å². The van der Waals surface area contributed by atoms with E-state index < -0.39 is 0 Å². The number of cyclic esters (lactones) is 1. The van der Waals surface area contributed by atoms with Crippen molar-refractivity contribution in [2.45, 2.75) is 84.8 Å². The molecule has 2 heterocycles. The van der Waals surface area contributed by atoms with Crippen molar-refractivity contribution in [2.75, 3.05) is 32.8 Å². The van der Waals surface area contributed by atoms with Crippen LogP contribution in [0, 0.1) is 13.8 Å². The lowest BCUT2D eigenvalue weighted by molar-refractivity contribution is -0.137. The number of hydrogen-bond donors (Lipinski definition) is 1. The topological polar surface area (TPSA) is 107 Å². The van der Waals surface area contributed by atoms with Gasteiger partial charge in [0.05, 0.1) is 17.4 Å². The van der Waals surface area contributed by atoms with Crippen LogP contribution >= 0.6 is 0 Å². The number of piperidine rings is 1. The fourth-order valence-electron chi connectivity index (χ4n) is 5.03. The number of benzene rings is 1. The molecule has 1 N–H and O–H groups in total. The third-order valence-electron chi connectivity index (χ3n) is 7.05. The molecule has 1 fully saturated rings. The summed E-state index contributed by atoms with van der Waals surface area (Å²) in [6, 6.07) is 3.95. The number of nitrogens with one attached hydrogen (secondary N) is 1. The van der Waals surface area contributed by atoms with E-state index in [0.29, 0.717) is 50.1 Å². The van der Waals surface area contributed by atoms with Gasteiger partial charge in [-0.2, -0.15) is 0 Å². The van der Waals surface area contributed by atoms with Crippen molar-refractivity contribution >= 4 is 23.5 Å². The Labute approximate surface area is 244 Å². The Balaban J connectivity index is 1.81. The zero-order chi connectivity index (χ0) is 29.6. The molecule has 2 atom stereocenters. The second kappa shape index (κ2) is 16.7. The van der Waals surface area contributed by atoms with Gasteiger partial charge in [0.1, 0.15) is 6.10 Å². The van der Waals surface area contributed by atoms with Crippen LogP contribution in [0.25, 0.3) is 0 Å². The van der Waals surface area contributed by atoms with Gasteiger partial charge in [0, 0.05) is 46.0 Å². The van der Waals surface area contributed by atoms with Crippen LogP contribution in [0.1, 0.15) is 79.4 Å². The van der Waals surface area contributed by atoms with E-state index in [0.717, 1.165) is 49.0 Å². The van der Waals surface area contributed by atoms with Crippen molar-refractivity contribution in [1.29, 1.82) is 0 Å². The van der Waals surface area contributed by atoms with Gasteiger partial charge in [-0.15, -0.1) is 0 Å². The van der Waals surface area contributed by atoms with Crippen LogP contribution in [0.4, 0.5) is 0 Å². The average Bonchev–Trinajstić information content (AvgIpc) is 2.91. The van der Waals surface area contributed by atoms with Gasteiger partial charge < -0.3 is 24.5 Å². The maximum absolute atomic E-state index is 13.3. The molecule has 0 bridgehead atoms. The molecule has 224 valence electrons. The highest BCUT2D eigenvalue weighted by Crippen LogP contribution is 2.22. The summed E-state index contributed by atoms with van der Waals surface area (Å²) in [5, 5.41) is 7.12. The first-order valence-corrected chi connectivity index (χ1v) is 14.7. The lowest BCUT2D eigenvalue weighted by Crippen LogP contribution is -2.37. The van der Waals surface area contributed by atoms with Crippen LogP contribution in [0.5, 0.6) is 0 Å². The predicted octanol–water partition coefficient (Wildman–Crippen LogP) is 4.59. The van der Waals surface area contributed by atoms with Gasteiger partial charge in [0.15, 0.2) is 6.61 Å². The summed E-state index contributed by atoms with van der Waals surface area (Å²) in [5.74, 6) is -0.500. The first-order chi connectivity index (χ1) is 19.7. The molecule has 2 aliphatic heterocycles. The van der Waals surface area contributed by atoms with E-state index in [9.17, 15) is 14.4 Å². The summed E-state index contributed by atoms with van der Waals surface area (Å²) in [6.07, 6.45) is 12.6. The minimum Gasteiger partial charge on any atom is -0.459 e. The number of oxime groups is 1. The minimum absolute atomic E-state index is 0.0621. The lowest BCUT2D eigenvalue weighted by atomic mass is 9.95. The molecule has 0 spiro atoms. The van der Waals surface area contributed by atoms with Crippen molar-refractivity contribution in [3.05, 3.63) is 58.7 Å². The van der Waals surface area contributed by atoms with E-state index in [1.807, 2.05) is 62.1 Å². The van der Waals surface area contributed by atoms with Crippen LogP contribution in [-0.2, 0) is 30.3 Å². The van der Waals surface area contributed by atoms with Crippen LogP contribution in [0.3, 0.4) is 0 Å². The lowest BCUT2D eigenvalue weighted by Gasteiger charge is -2.26. The molecule has 0 aliphatic carbocycles. The number of fused-ring (bicyclic) bond motifs is 1. The van der Waals surface area contributed by atoms with Crippen LogP contribution in [0.15, 0.2) is 41.6 Å². The summed E-state index contributed by atoms with van der Waals surface area (Å²) in [6.45, 7) is 9.70. The molecule has 2 aliphatic rings. The molecular weight excluding hydrogens is 522 g/mol. The Morgan fingerprint density at radius 3 is 2.66 bits per heavy atom. The van der Waals surface area contributed by atoms with Crippen molar-refractivity contribution < 1.29 is 28.7 Å². The van der Waals surface area contributed by atoms with Gasteiger partial charge in [0.25, 0.3) is 5.91 Å². The number of hydrogen-bond acceptors (Lipinski definition) is 7. The summed E-state index contributed by atoms with van der Waals surface area (Å²) in [7, 11) is 0. The van der Waals surface area contributed by atoms with Gasteiger partial charge in [-0.3, -0.25) is 9.59 Å². The number of allylic oxidation sites excluding steroid dienone is 1. The third kappa shape index (κ3) is 11.1. The molecule has 0 aromatic heterocycles. The average molecular weight is 568 g/mol. The molecule has 0 saturated carbocycles. The highest BCUT2D eigenvalue weighted by atomic mass is 16.6. The second-order valence-corrected chi connectivity index (χ2v) is 10.9. The zero-order valence-corrected chi connectivity index (χ0v) is 24.9. The largest absolute Gasteiger partial charge is 0.459 e. The number of nitrogens with zero attached hydrogens (tertiary/aromatic N) is 2. The Morgan fingerprint density at radius 1 is 1.12 bits per heavy atom. The quantitative estimate of drug-likeness (QED) is 0.213. The predicted molar refractivity (Wildman–Crippen MR) is 159 cm³/mol. The van der Waals surface area contributed by atoms with Gasteiger partial charge in [0.2, 0.25) is 5.91 Å². The number of amides is 2. The Morgan fingerprint density at radius 2 is 1.90 bits per heavy atom. The molecule has 0 unspecified atom stereocenters. The maximum Gasteiger partial charge on any atom is 0.338 e. The molecular formula is C32H45N3O6. The van der Waals surface area contributed by atoms with Crippen molar-refractivity contribution in [2.24, 2.45) is 5.16 Å². The van der Waals surface area contributed by atoms with Gasteiger partial charge in [-0.25, -0.2) is 4.79 Å². The van der Waals surface area contributed by atoms with E-state index in [1.165, 1.54) is 6.92 Å². The number of carbonyl (C=O) groups is 3. The molecule has 3 rings (SSSR count). The number of ether oxygens (including phenoxy) is 2. The van der Waals surface area contributed by atoms with Gasteiger partial charge >= 0.3 is 5.97 Å². The molecule has 0 radical (unpaired) electrons. The van der Waals surface area contributed by atoms with E-state index >= 15 is 0 Å². The summed E-state index contributed by atoms with van der Waals surface area (Å²) < 4.78 is 11.9. The standard InChI is InChI=1S/C32H45N3O6/c1-23-19-24(2)31-27(20-23)21-28(34-40-22-30(37)35-16-6-5-7-17-35)12-9-14-29(39-18-10-15-33-26(4)36)13-8-11-25(3)41-32(31)38/h8-9,12-13,19-20,25,29H,5-7,10-11,14-18,21-22H2,1-4H3,(H,33,36)/b12-9+,13-8+,34-28-/t25-,29-/m1/s1. The van der Waals surface area contributed by atoms with Gasteiger partial charge in [-0.1, -0.05) is 41.1 Å². The monoisotopic (exact) mass is 567 g/mol. The highest BCUT2D eigenvalue weighted by molar-refractivity contribution is 6.00. The number of esters is 1. The van der Waals surface area contributed by atoms with Gasteiger partial charge in [-0.05, 0) is 70.1 Å². The smallest absolute Gasteiger partial charge is 0.338 e. The number of likely N-dealkylation sites (tertiary alicyclic amines) is 1. The molecule has 9 nitrogen and oxygen atoms in total. The molecule has 1 aromatic rings. The molecule has 2 amide bonds. The maximum atomic E-state index is 13.3. The highest BCUT2D eigenvalue weighted by Gasteiger charge is 2.21. The van der Waals surface area contributed by atoms with Crippen LogP contribution in [0.2, 0.25) is 0 Å². The normalized spacial score (nSPS) is 22.7. The third-order valence-corrected chi connectivity index (χ3v) is 7.05. The number of rotatable bonds is 8. The minimum atomic E-state index is -0.370. The molecule has 41 heavy (non-hydrogen) atoms. The first kappa shape index (κ1) is 32.1. The Hall–Kier alpha value is -3.46. The zero-order valence-electron chi connectivity index (χ0n) is 24.9. The molecule has 1 aromatic carbocycles. The van der Waals surface area contributed by atoms with E-state index in [1.54, 1.807) is 0 Å². The van der Waals surface area contributed by atoms with Crippen molar-refractivity contribution in [3.63, 3.8) is 0 Å². The first-order valence-electron chi connectivity index (χ1n) is 14.7. The fourth-order valence-corrected chi connectivity index (χ4v) is 5.03. The number of carbonyl (C=O) groups excluding carboxylic acids is 3. The SMILES string of the molecule is CC(=O)NCCCO[C@@H]1/C=C/C[C@@H](C)OC(=O)c2c(C)cc(C)cc2CC(=N\OCC(=O)N2CCCCC2)/C=C/C1.